The van der Waals surface area contributed by atoms with Crippen LogP contribution in [0.25, 0.3) is 17.0 Å². The van der Waals surface area contributed by atoms with Crippen LogP contribution in [0.3, 0.4) is 0 Å². The zero-order valence-electron chi connectivity index (χ0n) is 16.0. The Bertz CT molecular complexity index is 1180. The Kier molecular flexibility index (Phi) is 4.72. The number of hydrogen-bond donors (Lipinski definition) is 0. The van der Waals surface area contributed by atoms with Gasteiger partial charge in [0.2, 0.25) is 5.90 Å². The molecule has 30 heavy (non-hydrogen) atoms. The van der Waals surface area contributed by atoms with Crippen LogP contribution in [0.4, 0.5) is 10.2 Å². The van der Waals surface area contributed by atoms with Gasteiger partial charge in [-0.15, -0.1) is 0 Å². The Morgan fingerprint density at radius 2 is 1.80 bits per heavy atom. The van der Waals surface area contributed by atoms with Crippen molar-refractivity contribution in [2.45, 2.75) is 0 Å². The molecule has 0 radical (unpaired) electrons. The molecule has 1 aromatic heterocycles. The molecule has 2 aliphatic rings. The van der Waals surface area contributed by atoms with Crippen LogP contribution >= 0.6 is 0 Å². The van der Waals surface area contributed by atoms with E-state index >= 15 is 0 Å². The lowest BCUT2D eigenvalue weighted by Crippen LogP contribution is -2.37. The van der Waals surface area contributed by atoms with Gasteiger partial charge in [-0.2, -0.15) is 0 Å². The van der Waals surface area contributed by atoms with Crippen molar-refractivity contribution in [1.82, 2.24) is 4.98 Å². The number of esters is 1. The number of morpholine rings is 1. The maximum Gasteiger partial charge on any atom is 0.363 e. The van der Waals surface area contributed by atoms with Crippen molar-refractivity contribution in [2.75, 3.05) is 31.2 Å². The summed E-state index contributed by atoms with van der Waals surface area (Å²) in [5, 5.41) is 0.968. The maximum absolute atomic E-state index is 13.2. The predicted octanol–water partition coefficient (Wildman–Crippen LogP) is 3.56. The van der Waals surface area contributed by atoms with Crippen LogP contribution in [0.5, 0.6) is 0 Å². The number of ether oxygens (including phenoxy) is 2. The minimum absolute atomic E-state index is 0.160. The number of halogens is 1. The van der Waals surface area contributed by atoms with Crippen molar-refractivity contribution in [3.05, 3.63) is 77.2 Å². The van der Waals surface area contributed by atoms with Crippen molar-refractivity contribution in [2.24, 2.45) is 4.99 Å². The first-order valence-electron chi connectivity index (χ1n) is 9.68. The second-order valence-corrected chi connectivity index (χ2v) is 7.04. The van der Waals surface area contributed by atoms with Crippen LogP contribution in [0, 0.1) is 5.82 Å². The third-order valence-electron chi connectivity index (χ3n) is 5.05. The first kappa shape index (κ1) is 18.4. The van der Waals surface area contributed by atoms with Crippen LogP contribution in [0.15, 0.2) is 65.3 Å². The third kappa shape index (κ3) is 3.55. The third-order valence-corrected chi connectivity index (χ3v) is 5.05. The molecule has 1 saturated heterocycles. The van der Waals surface area contributed by atoms with Crippen LogP contribution in [0.2, 0.25) is 0 Å². The number of carbonyl (C=O) groups is 1. The minimum Gasteiger partial charge on any atom is -0.402 e. The Labute approximate surface area is 172 Å². The molecule has 0 amide bonds. The van der Waals surface area contributed by atoms with E-state index in [0.29, 0.717) is 18.8 Å². The van der Waals surface area contributed by atoms with E-state index < -0.39 is 5.97 Å². The second kappa shape index (κ2) is 7.68. The quantitative estimate of drug-likeness (QED) is 0.494. The normalized spacial score (nSPS) is 18.0. The second-order valence-electron chi connectivity index (χ2n) is 7.04. The summed E-state index contributed by atoms with van der Waals surface area (Å²) in [7, 11) is 0. The van der Waals surface area contributed by atoms with Crippen molar-refractivity contribution in [3.8, 4) is 0 Å². The van der Waals surface area contributed by atoms with Gasteiger partial charge >= 0.3 is 5.97 Å². The fourth-order valence-corrected chi connectivity index (χ4v) is 3.53. The largest absolute Gasteiger partial charge is 0.402 e. The molecule has 6 nitrogen and oxygen atoms in total. The van der Waals surface area contributed by atoms with Gasteiger partial charge in [-0.25, -0.2) is 19.2 Å². The fourth-order valence-electron chi connectivity index (χ4n) is 3.53. The standard InChI is InChI=1S/C23H18FN3O3/c24-18-7-5-15(6-8-18)22-26-20(23(28)30-22)14-17-13-16-3-1-2-4-19(16)25-21(17)27-9-11-29-12-10-27/h1-8,13-14H,9-12H2. The van der Waals surface area contributed by atoms with E-state index in [2.05, 4.69) is 9.89 Å². The molecule has 2 aliphatic heterocycles. The minimum atomic E-state index is -0.546. The molecule has 1 fully saturated rings. The van der Waals surface area contributed by atoms with E-state index in [1.54, 1.807) is 6.08 Å². The van der Waals surface area contributed by atoms with Gasteiger partial charge in [0.1, 0.15) is 11.6 Å². The van der Waals surface area contributed by atoms with E-state index in [0.717, 1.165) is 35.4 Å². The van der Waals surface area contributed by atoms with Crippen LogP contribution in [-0.4, -0.2) is 43.2 Å². The molecule has 7 heteroatoms. The molecule has 150 valence electrons. The SMILES string of the molecule is O=C1OC(c2ccc(F)cc2)=NC1=Cc1cc2ccccc2nc1N1CCOCC1. The van der Waals surface area contributed by atoms with Gasteiger partial charge in [-0.05, 0) is 42.5 Å². The average molecular weight is 403 g/mol. The van der Waals surface area contributed by atoms with Gasteiger partial charge in [0.05, 0.1) is 18.7 Å². The van der Waals surface area contributed by atoms with E-state index in [4.69, 9.17) is 14.5 Å². The smallest absolute Gasteiger partial charge is 0.363 e. The van der Waals surface area contributed by atoms with Gasteiger partial charge in [-0.3, -0.25) is 0 Å². The first-order chi connectivity index (χ1) is 14.7. The summed E-state index contributed by atoms with van der Waals surface area (Å²) in [5.41, 5.74) is 2.39. The number of cyclic esters (lactones) is 1. The molecular formula is C23H18FN3O3. The molecule has 0 bridgehead atoms. The van der Waals surface area contributed by atoms with Crippen molar-refractivity contribution in [3.63, 3.8) is 0 Å². The average Bonchev–Trinajstić information content (AvgIpc) is 3.14. The number of aliphatic imine (C=N–C) groups is 1. The zero-order valence-corrected chi connectivity index (χ0v) is 16.0. The molecule has 0 spiro atoms. The highest BCUT2D eigenvalue weighted by molar-refractivity contribution is 6.13. The number of nitrogens with zero attached hydrogens (tertiary/aromatic N) is 3. The molecular weight excluding hydrogens is 385 g/mol. The Morgan fingerprint density at radius 1 is 1.03 bits per heavy atom. The summed E-state index contributed by atoms with van der Waals surface area (Å²) in [6.45, 7) is 2.69. The first-order valence-corrected chi connectivity index (χ1v) is 9.68. The zero-order chi connectivity index (χ0) is 20.5. The van der Waals surface area contributed by atoms with Crippen LogP contribution in [0.1, 0.15) is 11.1 Å². The summed E-state index contributed by atoms with van der Waals surface area (Å²) in [6, 6.07) is 15.5. The van der Waals surface area contributed by atoms with Gasteiger partial charge in [-0.1, -0.05) is 18.2 Å². The van der Waals surface area contributed by atoms with Crippen LogP contribution in [-0.2, 0) is 14.3 Å². The van der Waals surface area contributed by atoms with E-state index in [1.165, 1.54) is 24.3 Å². The van der Waals surface area contributed by atoms with Crippen LogP contribution < -0.4 is 4.90 Å². The number of para-hydroxylation sites is 1. The lowest BCUT2D eigenvalue weighted by atomic mass is 10.1. The lowest BCUT2D eigenvalue weighted by molar-refractivity contribution is -0.129. The Hall–Kier alpha value is -3.58. The topological polar surface area (TPSA) is 64.0 Å². The number of aromatic nitrogens is 1. The molecule has 0 N–H and O–H groups in total. The summed E-state index contributed by atoms with van der Waals surface area (Å²) >= 11 is 0. The lowest BCUT2D eigenvalue weighted by Gasteiger charge is -2.29. The molecule has 0 atom stereocenters. The molecule has 0 saturated carbocycles. The van der Waals surface area contributed by atoms with Gasteiger partial charge < -0.3 is 14.4 Å². The highest BCUT2D eigenvalue weighted by atomic mass is 19.1. The van der Waals surface area contributed by atoms with E-state index in [-0.39, 0.29) is 17.4 Å². The van der Waals surface area contributed by atoms with E-state index in [9.17, 15) is 9.18 Å². The number of hydrogen-bond acceptors (Lipinski definition) is 6. The molecule has 3 aromatic rings. The van der Waals surface area contributed by atoms with Gasteiger partial charge in [0.25, 0.3) is 0 Å². The van der Waals surface area contributed by atoms with Crippen molar-refractivity contribution in [1.29, 1.82) is 0 Å². The number of pyridine rings is 1. The summed E-state index contributed by atoms with van der Waals surface area (Å²) in [4.78, 5) is 23.8. The molecule has 3 heterocycles. The molecule has 5 rings (SSSR count). The maximum atomic E-state index is 13.2. The highest BCUT2D eigenvalue weighted by Crippen LogP contribution is 2.28. The summed E-state index contributed by atoms with van der Waals surface area (Å²) < 4.78 is 24.0. The fraction of sp³-hybridized carbons (Fsp3) is 0.174. The predicted molar refractivity (Wildman–Crippen MR) is 112 cm³/mol. The van der Waals surface area contributed by atoms with Crippen molar-refractivity contribution >= 4 is 34.7 Å². The Balaban J connectivity index is 1.58. The Morgan fingerprint density at radius 3 is 2.60 bits per heavy atom. The molecule has 0 aliphatic carbocycles. The van der Waals surface area contributed by atoms with Crippen molar-refractivity contribution < 1.29 is 18.7 Å². The number of rotatable bonds is 3. The van der Waals surface area contributed by atoms with Gasteiger partial charge in [0.15, 0.2) is 5.70 Å². The number of fused-ring (bicyclic) bond motifs is 1. The van der Waals surface area contributed by atoms with Gasteiger partial charge in [0, 0.05) is 29.6 Å². The molecule has 0 unspecified atom stereocenters. The summed E-state index contributed by atoms with van der Waals surface area (Å²) in [6.07, 6.45) is 1.70. The summed E-state index contributed by atoms with van der Waals surface area (Å²) in [5.74, 6) is 0.0305. The number of carbonyl (C=O) groups excluding carboxylic acids is 1. The number of benzene rings is 2. The van der Waals surface area contributed by atoms with E-state index in [1.807, 2.05) is 30.3 Å². The highest BCUT2D eigenvalue weighted by Gasteiger charge is 2.25. The molecule has 2 aromatic carbocycles. The number of anilines is 1. The monoisotopic (exact) mass is 403 g/mol.